The molecule has 0 N–H and O–H groups in total. The number of unbranched alkanes of at least 4 members (excludes halogenated alkanes) is 5. The molecule has 0 fully saturated rings. The molecule has 0 bridgehead atoms. The summed E-state index contributed by atoms with van der Waals surface area (Å²) in [5, 5.41) is 0. The summed E-state index contributed by atoms with van der Waals surface area (Å²) < 4.78 is 26.1. The third kappa shape index (κ3) is 11.4. The summed E-state index contributed by atoms with van der Waals surface area (Å²) >= 11 is 0. The van der Waals surface area contributed by atoms with E-state index in [9.17, 15) is 8.42 Å². The molecule has 15 heavy (non-hydrogen) atoms. The highest BCUT2D eigenvalue weighted by Gasteiger charge is 2.04. The molecule has 3 nitrogen and oxygen atoms in total. The van der Waals surface area contributed by atoms with Crippen LogP contribution in [0.4, 0.5) is 0 Å². The van der Waals surface area contributed by atoms with Gasteiger partial charge in [-0.3, -0.25) is 0 Å². The quantitative estimate of drug-likeness (QED) is 0.349. The van der Waals surface area contributed by atoms with E-state index in [0.717, 1.165) is 19.1 Å². The summed E-state index contributed by atoms with van der Waals surface area (Å²) in [6.07, 6.45) is 8.74. The Bertz CT molecular complexity index is 268. The molecular formula is C11H22O3S. The van der Waals surface area contributed by atoms with Gasteiger partial charge in [0.1, 0.15) is 5.76 Å². The van der Waals surface area contributed by atoms with Crippen LogP contribution in [0.1, 0.15) is 51.9 Å². The van der Waals surface area contributed by atoms with Crippen molar-refractivity contribution in [3.8, 4) is 0 Å². The minimum absolute atomic E-state index is 0.355. The van der Waals surface area contributed by atoms with Gasteiger partial charge in [-0.25, -0.2) is 0 Å². The molecule has 0 amide bonds. The third-order valence-electron chi connectivity index (χ3n) is 2.08. The normalized spacial score (nSPS) is 11.3. The van der Waals surface area contributed by atoms with Crippen LogP contribution in [0, 0.1) is 0 Å². The Balaban J connectivity index is 3.40. The van der Waals surface area contributed by atoms with Crippen molar-refractivity contribution >= 4 is 10.1 Å². The molecule has 0 spiro atoms. The molecule has 0 saturated heterocycles. The van der Waals surface area contributed by atoms with E-state index in [0.29, 0.717) is 12.2 Å². The zero-order chi connectivity index (χ0) is 11.7. The van der Waals surface area contributed by atoms with Crippen LogP contribution >= 0.6 is 0 Å². The van der Waals surface area contributed by atoms with Gasteiger partial charge < -0.3 is 4.18 Å². The van der Waals surface area contributed by atoms with Gasteiger partial charge in [-0.15, -0.1) is 0 Å². The Hall–Kier alpha value is -0.510. The van der Waals surface area contributed by atoms with Gasteiger partial charge >= 0.3 is 10.1 Å². The lowest BCUT2D eigenvalue weighted by atomic mass is 10.1. The minimum Gasteiger partial charge on any atom is -0.388 e. The van der Waals surface area contributed by atoms with Crippen molar-refractivity contribution in [2.75, 3.05) is 6.26 Å². The fourth-order valence-corrected chi connectivity index (χ4v) is 1.87. The van der Waals surface area contributed by atoms with Crippen molar-refractivity contribution in [1.29, 1.82) is 0 Å². The monoisotopic (exact) mass is 234 g/mol. The van der Waals surface area contributed by atoms with E-state index in [2.05, 4.69) is 17.7 Å². The first-order chi connectivity index (χ1) is 6.95. The highest BCUT2D eigenvalue weighted by atomic mass is 32.2. The Morgan fingerprint density at radius 1 is 1.13 bits per heavy atom. The molecule has 0 aliphatic rings. The summed E-state index contributed by atoms with van der Waals surface area (Å²) in [6.45, 7) is 5.75. The smallest absolute Gasteiger partial charge is 0.305 e. The van der Waals surface area contributed by atoms with Crippen LogP contribution in [-0.4, -0.2) is 14.7 Å². The van der Waals surface area contributed by atoms with Gasteiger partial charge in [0.25, 0.3) is 0 Å². The molecule has 0 aromatic rings. The summed E-state index contributed by atoms with van der Waals surface area (Å²) in [7, 11) is -3.37. The zero-order valence-electron chi connectivity index (χ0n) is 9.79. The maximum Gasteiger partial charge on any atom is 0.305 e. The fraction of sp³-hybridized carbons (Fsp3) is 0.818. The first-order valence-corrected chi connectivity index (χ1v) is 7.34. The van der Waals surface area contributed by atoms with Crippen LogP contribution in [0.2, 0.25) is 0 Å². The van der Waals surface area contributed by atoms with Crippen molar-refractivity contribution in [2.24, 2.45) is 0 Å². The van der Waals surface area contributed by atoms with Crippen molar-refractivity contribution in [1.82, 2.24) is 0 Å². The molecule has 0 radical (unpaired) electrons. The van der Waals surface area contributed by atoms with Crippen molar-refractivity contribution < 1.29 is 12.6 Å². The SMILES string of the molecule is C=C(CCCCCCCC)OS(C)(=O)=O. The molecular weight excluding hydrogens is 212 g/mol. The molecule has 0 atom stereocenters. The van der Waals surface area contributed by atoms with E-state index < -0.39 is 10.1 Å². The highest BCUT2D eigenvalue weighted by molar-refractivity contribution is 7.86. The largest absolute Gasteiger partial charge is 0.388 e. The van der Waals surface area contributed by atoms with Gasteiger partial charge in [-0.05, 0) is 6.42 Å². The van der Waals surface area contributed by atoms with Gasteiger partial charge in [0.15, 0.2) is 0 Å². The van der Waals surface area contributed by atoms with Gasteiger partial charge in [-0.1, -0.05) is 45.6 Å². The predicted molar refractivity (Wildman–Crippen MR) is 63.1 cm³/mol. The van der Waals surface area contributed by atoms with Crippen LogP contribution in [0.15, 0.2) is 12.3 Å². The van der Waals surface area contributed by atoms with Crippen LogP contribution in [0.5, 0.6) is 0 Å². The molecule has 0 aromatic heterocycles. The van der Waals surface area contributed by atoms with E-state index in [1.807, 2.05) is 0 Å². The van der Waals surface area contributed by atoms with Gasteiger partial charge in [0.05, 0.1) is 6.26 Å². The lowest BCUT2D eigenvalue weighted by molar-refractivity contribution is 0.391. The van der Waals surface area contributed by atoms with Crippen molar-refractivity contribution in [3.63, 3.8) is 0 Å². The number of hydrogen-bond acceptors (Lipinski definition) is 3. The summed E-state index contributed by atoms with van der Waals surface area (Å²) in [4.78, 5) is 0. The van der Waals surface area contributed by atoms with E-state index in [-0.39, 0.29) is 0 Å². The molecule has 0 rings (SSSR count). The zero-order valence-corrected chi connectivity index (χ0v) is 10.6. The maximum atomic E-state index is 10.7. The lowest BCUT2D eigenvalue weighted by Crippen LogP contribution is -2.01. The Morgan fingerprint density at radius 2 is 1.67 bits per heavy atom. The van der Waals surface area contributed by atoms with Gasteiger partial charge in [-0.2, -0.15) is 8.42 Å². The topological polar surface area (TPSA) is 43.4 Å². The average molecular weight is 234 g/mol. The van der Waals surface area contributed by atoms with E-state index >= 15 is 0 Å². The molecule has 0 saturated carbocycles. The molecule has 0 heterocycles. The van der Waals surface area contributed by atoms with Crippen molar-refractivity contribution in [2.45, 2.75) is 51.9 Å². The Kier molecular flexibility index (Phi) is 7.48. The van der Waals surface area contributed by atoms with E-state index in [1.165, 1.54) is 25.7 Å². The molecule has 90 valence electrons. The number of rotatable bonds is 9. The second kappa shape index (κ2) is 7.74. The number of hydrogen-bond donors (Lipinski definition) is 0. The van der Waals surface area contributed by atoms with Crippen LogP contribution in [-0.2, 0) is 14.3 Å². The van der Waals surface area contributed by atoms with Crippen LogP contribution in [0.3, 0.4) is 0 Å². The summed E-state index contributed by atoms with van der Waals surface area (Å²) in [5.41, 5.74) is 0. The molecule has 0 aromatic carbocycles. The predicted octanol–water partition coefficient (Wildman–Crippen LogP) is 3.23. The Labute approximate surface area is 93.6 Å². The maximum absolute atomic E-state index is 10.7. The molecule has 4 heteroatoms. The second-order valence-corrected chi connectivity index (χ2v) is 5.42. The van der Waals surface area contributed by atoms with E-state index in [1.54, 1.807) is 0 Å². The lowest BCUT2D eigenvalue weighted by Gasteiger charge is -2.05. The molecule has 0 aliphatic carbocycles. The standard InChI is InChI=1S/C11H22O3S/c1-4-5-6-7-8-9-10-11(2)14-15(3,12)13/h2,4-10H2,1,3H3. The minimum atomic E-state index is -3.37. The average Bonchev–Trinajstić information content (AvgIpc) is 2.08. The Morgan fingerprint density at radius 3 is 2.20 bits per heavy atom. The number of allylic oxidation sites excluding steroid dienone is 1. The van der Waals surface area contributed by atoms with Gasteiger partial charge in [0.2, 0.25) is 0 Å². The van der Waals surface area contributed by atoms with Crippen LogP contribution < -0.4 is 0 Å². The van der Waals surface area contributed by atoms with Crippen LogP contribution in [0.25, 0.3) is 0 Å². The fourth-order valence-electron chi connectivity index (χ4n) is 1.36. The van der Waals surface area contributed by atoms with Gasteiger partial charge in [0, 0.05) is 6.42 Å². The highest BCUT2D eigenvalue weighted by Crippen LogP contribution is 2.12. The first kappa shape index (κ1) is 14.5. The first-order valence-electron chi connectivity index (χ1n) is 5.53. The van der Waals surface area contributed by atoms with Crippen molar-refractivity contribution in [3.05, 3.63) is 12.3 Å². The molecule has 0 aliphatic heterocycles. The van der Waals surface area contributed by atoms with E-state index in [4.69, 9.17) is 0 Å². The summed E-state index contributed by atoms with van der Waals surface area (Å²) in [5.74, 6) is 0.355. The molecule has 0 unspecified atom stereocenters. The third-order valence-corrected chi connectivity index (χ3v) is 2.62. The summed E-state index contributed by atoms with van der Waals surface area (Å²) in [6, 6.07) is 0. The second-order valence-electron chi connectivity index (χ2n) is 3.84.